The van der Waals surface area contributed by atoms with Gasteiger partial charge in [-0.2, -0.15) is 11.3 Å². The molecule has 19 heavy (non-hydrogen) atoms. The second-order valence-electron chi connectivity index (χ2n) is 5.06. The number of hydrogen-bond acceptors (Lipinski definition) is 3. The lowest BCUT2D eigenvalue weighted by molar-refractivity contribution is 0.101. The van der Waals surface area contributed by atoms with Crippen LogP contribution >= 0.6 is 11.3 Å². The van der Waals surface area contributed by atoms with Crippen LogP contribution in [0.5, 0.6) is 0 Å². The van der Waals surface area contributed by atoms with Crippen LogP contribution in [0.1, 0.15) is 35.7 Å². The van der Waals surface area contributed by atoms with E-state index in [1.54, 1.807) is 18.3 Å². The fourth-order valence-corrected chi connectivity index (χ4v) is 3.06. The molecule has 0 N–H and O–H groups in total. The smallest absolute Gasteiger partial charge is 0.161 e. The van der Waals surface area contributed by atoms with E-state index < -0.39 is 0 Å². The third kappa shape index (κ3) is 2.71. The number of benzene rings is 1. The van der Waals surface area contributed by atoms with Crippen LogP contribution in [0.15, 0.2) is 41.1 Å². The van der Waals surface area contributed by atoms with E-state index in [1.807, 2.05) is 18.2 Å². The maximum Gasteiger partial charge on any atom is 0.161 e. The Balaban J connectivity index is 1.94. The normalized spacial score (nSPS) is 14.4. The number of thiophene rings is 1. The maximum absolute atomic E-state index is 11.8. The largest absolute Gasteiger partial charge is 0.364 e. The van der Waals surface area contributed by atoms with Crippen LogP contribution in [0.25, 0.3) is 0 Å². The van der Waals surface area contributed by atoms with Crippen molar-refractivity contribution in [2.45, 2.75) is 32.4 Å². The lowest BCUT2D eigenvalue weighted by Gasteiger charge is -2.26. The van der Waals surface area contributed by atoms with Gasteiger partial charge in [-0.05, 0) is 54.3 Å². The van der Waals surface area contributed by atoms with Crippen LogP contribution in [0, 0.1) is 0 Å². The summed E-state index contributed by atoms with van der Waals surface area (Å²) in [6, 6.07) is 10.7. The van der Waals surface area contributed by atoms with Crippen molar-refractivity contribution in [3.8, 4) is 0 Å². The second kappa shape index (κ2) is 5.17. The molecule has 1 saturated carbocycles. The van der Waals surface area contributed by atoms with Crippen molar-refractivity contribution >= 4 is 22.8 Å². The quantitative estimate of drug-likeness (QED) is 0.762. The zero-order valence-electron chi connectivity index (χ0n) is 11.0. The maximum atomic E-state index is 11.8. The molecule has 0 bridgehead atoms. The summed E-state index contributed by atoms with van der Waals surface area (Å²) in [7, 11) is 0. The monoisotopic (exact) mass is 271 g/mol. The van der Waals surface area contributed by atoms with Gasteiger partial charge in [0.15, 0.2) is 5.78 Å². The van der Waals surface area contributed by atoms with E-state index in [1.165, 1.54) is 18.4 Å². The lowest BCUT2D eigenvalue weighted by atomic mass is 10.1. The molecule has 0 atom stereocenters. The summed E-state index contributed by atoms with van der Waals surface area (Å²) in [6.07, 6.45) is 2.47. The molecule has 1 aliphatic carbocycles. The molecule has 1 aromatic heterocycles. The molecule has 1 aromatic carbocycles. The number of ketones is 1. The zero-order valence-corrected chi connectivity index (χ0v) is 11.8. The van der Waals surface area contributed by atoms with Crippen molar-refractivity contribution in [2.75, 3.05) is 4.90 Å². The van der Waals surface area contributed by atoms with Gasteiger partial charge in [0.1, 0.15) is 0 Å². The first kappa shape index (κ1) is 12.4. The van der Waals surface area contributed by atoms with Gasteiger partial charge < -0.3 is 4.90 Å². The molecule has 1 fully saturated rings. The molecule has 3 rings (SSSR count). The third-order valence-corrected chi connectivity index (χ3v) is 4.25. The molecule has 98 valence electrons. The summed E-state index contributed by atoms with van der Waals surface area (Å²) < 4.78 is 0. The average Bonchev–Trinajstić information content (AvgIpc) is 3.13. The first-order valence-electron chi connectivity index (χ1n) is 6.63. The number of rotatable bonds is 5. The Morgan fingerprint density at radius 3 is 2.74 bits per heavy atom. The van der Waals surface area contributed by atoms with Crippen molar-refractivity contribution in [1.29, 1.82) is 0 Å². The van der Waals surface area contributed by atoms with Crippen molar-refractivity contribution in [3.05, 3.63) is 52.2 Å². The molecule has 1 heterocycles. The Morgan fingerprint density at radius 1 is 1.32 bits per heavy atom. The Hall–Kier alpha value is -1.61. The van der Waals surface area contributed by atoms with Gasteiger partial charge in [-0.15, -0.1) is 0 Å². The van der Waals surface area contributed by atoms with Crippen molar-refractivity contribution in [1.82, 2.24) is 0 Å². The SMILES string of the molecule is CC(=O)c1ccccc1N(Cc1ccsc1)C1CC1. The van der Waals surface area contributed by atoms with E-state index in [4.69, 9.17) is 0 Å². The topological polar surface area (TPSA) is 20.3 Å². The molecular weight excluding hydrogens is 254 g/mol. The first-order valence-corrected chi connectivity index (χ1v) is 7.57. The lowest BCUT2D eigenvalue weighted by Crippen LogP contribution is -2.26. The number of carbonyl (C=O) groups is 1. The first-order chi connectivity index (χ1) is 9.25. The van der Waals surface area contributed by atoms with E-state index in [2.05, 4.69) is 27.8 Å². The molecule has 0 radical (unpaired) electrons. The molecule has 3 heteroatoms. The average molecular weight is 271 g/mol. The number of anilines is 1. The molecule has 0 aliphatic heterocycles. The zero-order chi connectivity index (χ0) is 13.2. The van der Waals surface area contributed by atoms with Gasteiger partial charge in [0.25, 0.3) is 0 Å². The fraction of sp³-hybridized carbons (Fsp3) is 0.312. The minimum atomic E-state index is 0.145. The van der Waals surface area contributed by atoms with Crippen LogP contribution in [-0.4, -0.2) is 11.8 Å². The summed E-state index contributed by atoms with van der Waals surface area (Å²) >= 11 is 1.73. The number of para-hydroxylation sites is 1. The Kier molecular flexibility index (Phi) is 3.38. The molecule has 2 nitrogen and oxygen atoms in total. The van der Waals surface area contributed by atoms with Crippen molar-refractivity contribution in [3.63, 3.8) is 0 Å². The highest BCUT2D eigenvalue weighted by molar-refractivity contribution is 7.07. The predicted octanol–water partition coefficient (Wildman–Crippen LogP) is 4.12. The van der Waals surface area contributed by atoms with Gasteiger partial charge >= 0.3 is 0 Å². The fourth-order valence-electron chi connectivity index (χ4n) is 2.40. The highest BCUT2D eigenvalue weighted by Crippen LogP contribution is 2.35. The number of carbonyl (C=O) groups excluding carboxylic acids is 1. The molecule has 0 amide bonds. The summed E-state index contributed by atoms with van der Waals surface area (Å²) in [4.78, 5) is 14.2. The Morgan fingerprint density at radius 2 is 2.11 bits per heavy atom. The van der Waals surface area contributed by atoms with Crippen LogP contribution in [-0.2, 0) is 6.54 Å². The second-order valence-corrected chi connectivity index (χ2v) is 5.84. The van der Waals surface area contributed by atoms with Gasteiger partial charge in [-0.25, -0.2) is 0 Å². The molecule has 0 spiro atoms. The van der Waals surface area contributed by atoms with Crippen molar-refractivity contribution < 1.29 is 4.79 Å². The minimum absolute atomic E-state index is 0.145. The summed E-state index contributed by atoms with van der Waals surface area (Å²) in [5.74, 6) is 0.145. The van der Waals surface area contributed by atoms with E-state index in [0.717, 1.165) is 17.8 Å². The van der Waals surface area contributed by atoms with Crippen LogP contribution < -0.4 is 4.90 Å². The van der Waals surface area contributed by atoms with Gasteiger partial charge in [0.05, 0.1) is 0 Å². The number of Topliss-reactive ketones (excluding diaryl/α,β-unsaturated/α-hetero) is 1. The highest BCUT2D eigenvalue weighted by atomic mass is 32.1. The summed E-state index contributed by atoms with van der Waals surface area (Å²) in [5, 5.41) is 4.29. The molecule has 2 aromatic rings. The van der Waals surface area contributed by atoms with E-state index >= 15 is 0 Å². The summed E-state index contributed by atoms with van der Waals surface area (Å²) in [6.45, 7) is 2.55. The van der Waals surface area contributed by atoms with Crippen molar-refractivity contribution in [2.24, 2.45) is 0 Å². The van der Waals surface area contributed by atoms with E-state index in [0.29, 0.717) is 6.04 Å². The Bertz CT molecular complexity index is 572. The predicted molar refractivity (Wildman–Crippen MR) is 80.0 cm³/mol. The summed E-state index contributed by atoms with van der Waals surface area (Å²) in [5.41, 5.74) is 3.25. The van der Waals surface area contributed by atoms with Crippen LogP contribution in [0.2, 0.25) is 0 Å². The van der Waals surface area contributed by atoms with Gasteiger partial charge in [0, 0.05) is 23.8 Å². The molecule has 1 aliphatic rings. The van der Waals surface area contributed by atoms with Crippen LogP contribution in [0.3, 0.4) is 0 Å². The molecule has 0 saturated heterocycles. The van der Waals surface area contributed by atoms with Crippen LogP contribution in [0.4, 0.5) is 5.69 Å². The van der Waals surface area contributed by atoms with E-state index in [-0.39, 0.29) is 5.78 Å². The molecular formula is C16H17NOS. The number of hydrogen-bond donors (Lipinski definition) is 0. The molecule has 0 unspecified atom stereocenters. The highest BCUT2D eigenvalue weighted by Gasteiger charge is 2.30. The minimum Gasteiger partial charge on any atom is -0.364 e. The Labute approximate surface area is 117 Å². The van der Waals surface area contributed by atoms with Gasteiger partial charge in [-0.3, -0.25) is 4.79 Å². The third-order valence-electron chi connectivity index (χ3n) is 3.51. The van der Waals surface area contributed by atoms with E-state index in [9.17, 15) is 4.79 Å². The van der Waals surface area contributed by atoms with Gasteiger partial charge in [0.2, 0.25) is 0 Å². The van der Waals surface area contributed by atoms with Gasteiger partial charge in [-0.1, -0.05) is 12.1 Å². The number of nitrogens with zero attached hydrogens (tertiary/aromatic N) is 1. The standard InChI is InChI=1S/C16H17NOS/c1-12(18)15-4-2-3-5-16(15)17(14-6-7-14)10-13-8-9-19-11-13/h2-5,8-9,11,14H,6-7,10H2,1H3.